The van der Waals surface area contributed by atoms with E-state index in [1.54, 1.807) is 35.1 Å². The number of hydrogen-bond acceptors (Lipinski definition) is 4. The zero-order valence-electron chi connectivity index (χ0n) is 14.1. The first-order valence-corrected chi connectivity index (χ1v) is 9.56. The van der Waals surface area contributed by atoms with Gasteiger partial charge in [0.2, 0.25) is 0 Å². The Bertz CT molecular complexity index is 1150. The van der Waals surface area contributed by atoms with Crippen LogP contribution in [0.4, 0.5) is 5.69 Å². The molecule has 0 saturated carbocycles. The maximum absolute atomic E-state index is 12.7. The van der Waals surface area contributed by atoms with Gasteiger partial charge in [-0.25, -0.2) is 4.98 Å². The molecule has 0 fully saturated rings. The molecule has 2 aromatic carbocycles. The minimum atomic E-state index is -0.292. The van der Waals surface area contributed by atoms with Crippen molar-refractivity contribution in [1.29, 1.82) is 0 Å². The molecule has 0 bridgehead atoms. The molecular weight excluding hydrogens is 405 g/mol. The molecule has 0 aliphatic rings. The van der Waals surface area contributed by atoms with Crippen LogP contribution in [0, 0.1) is 0 Å². The van der Waals surface area contributed by atoms with E-state index in [-0.39, 0.29) is 5.91 Å². The number of carbonyl (C=O) groups is 1. The third-order valence-electron chi connectivity index (χ3n) is 3.98. The molecule has 5 nitrogen and oxygen atoms in total. The maximum atomic E-state index is 12.7. The lowest BCUT2D eigenvalue weighted by atomic mass is 10.1. The van der Waals surface area contributed by atoms with Gasteiger partial charge in [0.05, 0.1) is 23.5 Å². The van der Waals surface area contributed by atoms with Crippen LogP contribution in [0.5, 0.6) is 5.75 Å². The molecule has 4 rings (SSSR count). The lowest BCUT2D eigenvalue weighted by Crippen LogP contribution is -2.14. The van der Waals surface area contributed by atoms with Gasteiger partial charge in [0.25, 0.3) is 5.91 Å². The van der Waals surface area contributed by atoms with E-state index in [1.807, 2.05) is 30.5 Å². The second kappa shape index (κ2) is 7.23. The van der Waals surface area contributed by atoms with E-state index in [0.29, 0.717) is 21.4 Å². The minimum Gasteiger partial charge on any atom is -0.497 e. The van der Waals surface area contributed by atoms with Crippen LogP contribution in [-0.4, -0.2) is 22.4 Å². The number of amides is 1. The summed E-state index contributed by atoms with van der Waals surface area (Å²) in [5.74, 6) is 0.456. The van der Waals surface area contributed by atoms with Crippen molar-refractivity contribution in [2.24, 2.45) is 0 Å². The average molecular weight is 418 g/mol. The summed E-state index contributed by atoms with van der Waals surface area (Å²) in [4.78, 5) is 18.0. The van der Waals surface area contributed by atoms with Crippen LogP contribution in [0.15, 0.2) is 54.0 Å². The first kappa shape index (κ1) is 17.9. The van der Waals surface area contributed by atoms with Gasteiger partial charge in [-0.2, -0.15) is 0 Å². The molecule has 1 amide bonds. The number of aromatic nitrogens is 2. The molecule has 0 aliphatic heterocycles. The van der Waals surface area contributed by atoms with Crippen LogP contribution in [0.2, 0.25) is 10.0 Å². The zero-order valence-corrected chi connectivity index (χ0v) is 16.4. The standard InChI is InChI=1S/C19H13Cl2N3O2S/c1-26-13-4-2-3-11(7-13)16-9-24-17(10-27-19(24)23-16)18(25)22-15-8-12(20)5-6-14(15)21/h2-10H,1H3,(H,22,25). The molecule has 2 heterocycles. The molecule has 0 aliphatic carbocycles. The number of thiazole rings is 1. The van der Waals surface area contributed by atoms with Crippen molar-refractivity contribution in [3.05, 3.63) is 69.8 Å². The quantitative estimate of drug-likeness (QED) is 0.467. The first-order valence-electron chi connectivity index (χ1n) is 7.92. The van der Waals surface area contributed by atoms with Crippen molar-refractivity contribution in [3.8, 4) is 17.0 Å². The van der Waals surface area contributed by atoms with Gasteiger partial charge in [-0.15, -0.1) is 11.3 Å². The molecule has 1 N–H and O–H groups in total. The van der Waals surface area contributed by atoms with Crippen LogP contribution in [0.1, 0.15) is 10.5 Å². The second-order valence-electron chi connectivity index (χ2n) is 5.71. The number of nitrogens with zero attached hydrogens (tertiary/aromatic N) is 2. The number of imidazole rings is 1. The Morgan fingerprint density at radius 1 is 1.22 bits per heavy atom. The zero-order chi connectivity index (χ0) is 19.0. The van der Waals surface area contributed by atoms with E-state index in [4.69, 9.17) is 27.9 Å². The number of rotatable bonds is 4. The molecule has 0 unspecified atom stereocenters. The Kier molecular flexibility index (Phi) is 4.78. The number of fused-ring (bicyclic) bond motifs is 1. The summed E-state index contributed by atoms with van der Waals surface area (Å²) >= 11 is 13.5. The summed E-state index contributed by atoms with van der Waals surface area (Å²) in [5.41, 5.74) is 2.60. The fourth-order valence-electron chi connectivity index (χ4n) is 2.65. The number of anilines is 1. The largest absolute Gasteiger partial charge is 0.497 e. The highest BCUT2D eigenvalue weighted by molar-refractivity contribution is 7.15. The Morgan fingerprint density at radius 3 is 2.89 bits per heavy atom. The van der Waals surface area contributed by atoms with Crippen LogP contribution in [0.25, 0.3) is 16.2 Å². The number of nitrogens with one attached hydrogen (secondary N) is 1. The number of methoxy groups -OCH3 is 1. The van der Waals surface area contributed by atoms with Crippen molar-refractivity contribution in [2.45, 2.75) is 0 Å². The Balaban J connectivity index is 1.67. The highest BCUT2D eigenvalue weighted by Gasteiger charge is 2.16. The summed E-state index contributed by atoms with van der Waals surface area (Å²) in [5, 5.41) is 5.46. The predicted molar refractivity (Wildman–Crippen MR) is 109 cm³/mol. The van der Waals surface area contributed by atoms with E-state index < -0.39 is 0 Å². The highest BCUT2D eigenvalue weighted by atomic mass is 35.5. The molecule has 8 heteroatoms. The van der Waals surface area contributed by atoms with Gasteiger partial charge in [0.1, 0.15) is 11.4 Å². The maximum Gasteiger partial charge on any atom is 0.273 e. The van der Waals surface area contributed by atoms with Crippen LogP contribution >= 0.6 is 34.5 Å². The van der Waals surface area contributed by atoms with E-state index in [9.17, 15) is 4.79 Å². The number of ether oxygens (including phenoxy) is 1. The Morgan fingerprint density at radius 2 is 2.07 bits per heavy atom. The van der Waals surface area contributed by atoms with Gasteiger partial charge in [-0.3, -0.25) is 9.20 Å². The van der Waals surface area contributed by atoms with E-state index in [0.717, 1.165) is 22.0 Å². The summed E-state index contributed by atoms with van der Waals surface area (Å²) in [6.07, 6.45) is 1.83. The SMILES string of the molecule is COc1cccc(-c2cn3c(C(=O)Nc4cc(Cl)ccc4Cl)csc3n2)c1. The third-order valence-corrected chi connectivity index (χ3v) is 5.39. The molecule has 0 saturated heterocycles. The average Bonchev–Trinajstić information content (AvgIpc) is 3.25. The van der Waals surface area contributed by atoms with Gasteiger partial charge < -0.3 is 10.1 Å². The topological polar surface area (TPSA) is 55.6 Å². The summed E-state index contributed by atoms with van der Waals surface area (Å²) in [6.45, 7) is 0. The van der Waals surface area contributed by atoms with Gasteiger partial charge in [-0.05, 0) is 30.3 Å². The van der Waals surface area contributed by atoms with Gasteiger partial charge >= 0.3 is 0 Å². The normalized spacial score (nSPS) is 10.9. The first-order chi connectivity index (χ1) is 13.0. The fraction of sp³-hybridized carbons (Fsp3) is 0.0526. The Hall–Kier alpha value is -2.54. The summed E-state index contributed by atoms with van der Waals surface area (Å²) in [7, 11) is 1.62. The molecule has 2 aromatic heterocycles. The monoisotopic (exact) mass is 417 g/mol. The van der Waals surface area contributed by atoms with Crippen molar-refractivity contribution in [1.82, 2.24) is 9.38 Å². The predicted octanol–water partition coefficient (Wildman–Crippen LogP) is 5.63. The molecule has 0 spiro atoms. The highest BCUT2D eigenvalue weighted by Crippen LogP contribution is 2.28. The Labute approximate surface area is 169 Å². The molecule has 27 heavy (non-hydrogen) atoms. The van der Waals surface area contributed by atoms with Crippen LogP contribution in [0.3, 0.4) is 0 Å². The summed E-state index contributed by atoms with van der Waals surface area (Å²) < 4.78 is 7.02. The van der Waals surface area contributed by atoms with Crippen molar-refractivity contribution in [3.63, 3.8) is 0 Å². The smallest absolute Gasteiger partial charge is 0.273 e. The lowest BCUT2D eigenvalue weighted by molar-refractivity contribution is 0.102. The summed E-state index contributed by atoms with van der Waals surface area (Å²) in [6, 6.07) is 12.5. The third kappa shape index (κ3) is 3.51. The second-order valence-corrected chi connectivity index (χ2v) is 7.39. The van der Waals surface area contributed by atoms with Crippen molar-refractivity contribution >= 4 is 51.1 Å². The lowest BCUT2D eigenvalue weighted by Gasteiger charge is -2.07. The molecule has 0 radical (unpaired) electrons. The molecule has 4 aromatic rings. The van der Waals surface area contributed by atoms with E-state index in [1.165, 1.54) is 11.3 Å². The van der Waals surface area contributed by atoms with Gasteiger partial charge in [0, 0.05) is 22.2 Å². The number of halogens is 2. The van der Waals surface area contributed by atoms with Crippen molar-refractivity contribution < 1.29 is 9.53 Å². The van der Waals surface area contributed by atoms with Crippen LogP contribution in [-0.2, 0) is 0 Å². The molecule has 0 atom stereocenters. The van der Waals surface area contributed by atoms with Gasteiger partial charge in [0.15, 0.2) is 4.96 Å². The van der Waals surface area contributed by atoms with Gasteiger partial charge in [-0.1, -0.05) is 35.3 Å². The number of hydrogen-bond donors (Lipinski definition) is 1. The van der Waals surface area contributed by atoms with E-state index in [2.05, 4.69) is 10.3 Å². The number of carbonyl (C=O) groups excluding carboxylic acids is 1. The minimum absolute atomic E-state index is 0.292. The number of benzene rings is 2. The van der Waals surface area contributed by atoms with Crippen molar-refractivity contribution in [2.75, 3.05) is 12.4 Å². The van der Waals surface area contributed by atoms with E-state index >= 15 is 0 Å². The fourth-order valence-corrected chi connectivity index (χ4v) is 3.84. The molecular formula is C19H13Cl2N3O2S. The van der Waals surface area contributed by atoms with Crippen LogP contribution < -0.4 is 10.1 Å². The molecule has 136 valence electrons.